The van der Waals surface area contributed by atoms with E-state index in [-0.39, 0.29) is 11.8 Å². The monoisotopic (exact) mass is 425 g/mol. The van der Waals surface area contributed by atoms with Gasteiger partial charge in [-0.05, 0) is 41.9 Å². The molecular formula is C26H35NO2S. The highest BCUT2D eigenvalue weighted by molar-refractivity contribution is 7.88. The largest absolute Gasteiger partial charge is 0.218 e. The molecule has 3 nitrogen and oxygen atoms in total. The van der Waals surface area contributed by atoms with Gasteiger partial charge in [0.2, 0.25) is 10.0 Å². The fourth-order valence-corrected chi connectivity index (χ4v) is 7.18. The summed E-state index contributed by atoms with van der Waals surface area (Å²) in [6.07, 6.45) is 12.1. The lowest BCUT2D eigenvalue weighted by atomic mass is 9.80. The van der Waals surface area contributed by atoms with Gasteiger partial charge < -0.3 is 0 Å². The van der Waals surface area contributed by atoms with Crippen LogP contribution in [-0.2, 0) is 22.2 Å². The van der Waals surface area contributed by atoms with E-state index in [2.05, 4.69) is 24.3 Å². The van der Waals surface area contributed by atoms with E-state index in [0.29, 0.717) is 12.5 Å². The Hall–Kier alpha value is -1.65. The number of benzene rings is 2. The van der Waals surface area contributed by atoms with Gasteiger partial charge in [-0.3, -0.25) is 0 Å². The normalized spacial score (nSPS) is 22.3. The zero-order valence-electron chi connectivity index (χ0n) is 18.0. The van der Waals surface area contributed by atoms with Crippen LogP contribution in [0.5, 0.6) is 0 Å². The molecule has 0 unspecified atom stereocenters. The van der Waals surface area contributed by atoms with Crippen LogP contribution in [-0.4, -0.2) is 19.3 Å². The lowest BCUT2D eigenvalue weighted by Crippen LogP contribution is -2.43. The van der Waals surface area contributed by atoms with Gasteiger partial charge in [-0.1, -0.05) is 99.5 Å². The van der Waals surface area contributed by atoms with Crippen molar-refractivity contribution in [2.45, 2.75) is 76.0 Å². The Balaban J connectivity index is 1.66. The maximum absolute atomic E-state index is 13.6. The highest BCUT2D eigenvalue weighted by atomic mass is 32.2. The summed E-state index contributed by atoms with van der Waals surface area (Å²) in [6, 6.07) is 18.2. The van der Waals surface area contributed by atoms with E-state index >= 15 is 0 Å². The Morgan fingerprint density at radius 1 is 0.767 bits per heavy atom. The maximum Gasteiger partial charge on any atom is 0.218 e. The van der Waals surface area contributed by atoms with Crippen molar-refractivity contribution in [3.05, 3.63) is 71.3 Å². The van der Waals surface area contributed by atoms with Gasteiger partial charge in [-0.15, -0.1) is 0 Å². The van der Waals surface area contributed by atoms with Crippen LogP contribution in [0.25, 0.3) is 0 Å². The van der Waals surface area contributed by atoms with Crippen molar-refractivity contribution < 1.29 is 8.42 Å². The summed E-state index contributed by atoms with van der Waals surface area (Å²) in [4.78, 5) is 0. The molecule has 30 heavy (non-hydrogen) atoms. The molecule has 1 aliphatic heterocycles. The molecule has 1 saturated carbocycles. The molecule has 4 rings (SSSR count). The predicted molar refractivity (Wildman–Crippen MR) is 124 cm³/mol. The van der Waals surface area contributed by atoms with E-state index in [1.54, 1.807) is 0 Å². The van der Waals surface area contributed by atoms with Crippen LogP contribution in [0.3, 0.4) is 0 Å². The smallest absolute Gasteiger partial charge is 0.212 e. The quantitative estimate of drug-likeness (QED) is 0.580. The lowest BCUT2D eigenvalue weighted by Gasteiger charge is -2.41. The number of hydrogen-bond donors (Lipinski definition) is 0. The lowest BCUT2D eigenvalue weighted by molar-refractivity contribution is 0.196. The molecule has 0 bridgehead atoms. The zero-order chi connectivity index (χ0) is 20.8. The van der Waals surface area contributed by atoms with E-state index in [0.717, 1.165) is 24.8 Å². The first-order valence-electron chi connectivity index (χ1n) is 11.8. The fraction of sp³-hybridized carbons (Fsp3) is 0.538. The van der Waals surface area contributed by atoms with Gasteiger partial charge in [-0.2, -0.15) is 4.31 Å². The van der Waals surface area contributed by atoms with Crippen molar-refractivity contribution in [1.82, 2.24) is 4.31 Å². The van der Waals surface area contributed by atoms with Crippen LogP contribution in [0.1, 0.15) is 80.5 Å². The molecule has 0 amide bonds. The molecule has 0 aromatic heterocycles. The van der Waals surface area contributed by atoms with Gasteiger partial charge in [0.1, 0.15) is 0 Å². The van der Waals surface area contributed by atoms with Crippen LogP contribution < -0.4 is 0 Å². The molecule has 0 N–H and O–H groups in total. The van der Waals surface area contributed by atoms with Gasteiger partial charge in [0.15, 0.2) is 0 Å². The highest BCUT2D eigenvalue weighted by Crippen LogP contribution is 2.42. The first-order valence-corrected chi connectivity index (χ1v) is 13.4. The molecule has 4 heteroatoms. The van der Waals surface area contributed by atoms with E-state index in [1.807, 2.05) is 34.6 Å². The SMILES string of the molecule is O=S(=O)(Cc1ccccc1)N1CCc2ccccc2[C@@H]1C1CCCCCCCCC1. The summed E-state index contributed by atoms with van der Waals surface area (Å²) in [5.74, 6) is 0.509. The van der Waals surface area contributed by atoms with Crippen LogP contribution in [0.2, 0.25) is 0 Å². The summed E-state index contributed by atoms with van der Waals surface area (Å²) in [6.45, 7) is 0.605. The average Bonchev–Trinajstić information content (AvgIpc) is 2.77. The van der Waals surface area contributed by atoms with Gasteiger partial charge in [0.25, 0.3) is 0 Å². The van der Waals surface area contributed by atoms with Crippen LogP contribution in [0, 0.1) is 5.92 Å². The Morgan fingerprint density at radius 2 is 1.37 bits per heavy atom. The third kappa shape index (κ3) is 5.15. The molecule has 162 valence electrons. The Labute approximate surface area is 182 Å². The van der Waals surface area contributed by atoms with Crippen molar-refractivity contribution in [1.29, 1.82) is 0 Å². The van der Waals surface area contributed by atoms with Gasteiger partial charge in [-0.25, -0.2) is 8.42 Å². The van der Waals surface area contributed by atoms with Gasteiger partial charge >= 0.3 is 0 Å². The van der Waals surface area contributed by atoms with Crippen LogP contribution >= 0.6 is 0 Å². The second-order valence-corrected chi connectivity index (χ2v) is 11.0. The van der Waals surface area contributed by atoms with Crippen molar-refractivity contribution in [3.8, 4) is 0 Å². The second-order valence-electron chi connectivity index (χ2n) is 9.06. The van der Waals surface area contributed by atoms with Crippen molar-refractivity contribution in [2.75, 3.05) is 6.54 Å². The van der Waals surface area contributed by atoms with E-state index in [4.69, 9.17) is 0 Å². The minimum atomic E-state index is -3.38. The molecule has 0 radical (unpaired) electrons. The summed E-state index contributed by atoms with van der Waals surface area (Å²) in [5, 5.41) is 0. The van der Waals surface area contributed by atoms with Gasteiger partial charge in [0.05, 0.1) is 11.8 Å². The molecular weight excluding hydrogens is 390 g/mol. The molecule has 0 spiro atoms. The minimum Gasteiger partial charge on any atom is -0.212 e. The summed E-state index contributed by atoms with van der Waals surface area (Å²) in [5.41, 5.74) is 3.47. The van der Waals surface area contributed by atoms with E-state index in [1.165, 1.54) is 56.1 Å². The zero-order valence-corrected chi connectivity index (χ0v) is 18.8. The summed E-state index contributed by atoms with van der Waals surface area (Å²) < 4.78 is 29.1. The molecule has 1 heterocycles. The number of fused-ring (bicyclic) bond motifs is 1. The Bertz CT molecular complexity index is 900. The summed E-state index contributed by atoms with van der Waals surface area (Å²) >= 11 is 0. The molecule has 2 aliphatic rings. The second kappa shape index (κ2) is 10.1. The summed E-state index contributed by atoms with van der Waals surface area (Å²) in [7, 11) is -3.38. The first-order chi connectivity index (χ1) is 14.6. The molecule has 1 fully saturated rings. The highest BCUT2D eigenvalue weighted by Gasteiger charge is 2.39. The third-order valence-corrected chi connectivity index (χ3v) is 8.75. The number of sulfonamides is 1. The maximum atomic E-state index is 13.6. The number of rotatable bonds is 4. The minimum absolute atomic E-state index is 0.0110. The van der Waals surface area contributed by atoms with Crippen LogP contribution in [0.4, 0.5) is 0 Å². The van der Waals surface area contributed by atoms with Gasteiger partial charge in [0, 0.05) is 6.54 Å². The molecule has 0 saturated heterocycles. The Morgan fingerprint density at radius 3 is 2.07 bits per heavy atom. The number of hydrogen-bond acceptors (Lipinski definition) is 2. The third-order valence-electron chi connectivity index (χ3n) is 6.93. The average molecular weight is 426 g/mol. The van der Waals surface area contributed by atoms with Crippen LogP contribution in [0.15, 0.2) is 54.6 Å². The molecule has 2 aromatic rings. The Kier molecular flexibility index (Phi) is 7.27. The molecule has 1 atom stereocenters. The standard InChI is InChI=1S/C26H35NO2S/c28-30(29,21-22-13-7-6-8-14-22)27-20-19-23-15-11-12-18-25(23)26(27)24-16-9-4-2-1-3-5-10-17-24/h6-8,11-15,18,24,26H,1-5,9-10,16-17,19-21H2/t26-/m0/s1. The molecule has 1 aliphatic carbocycles. The van der Waals surface area contributed by atoms with E-state index in [9.17, 15) is 8.42 Å². The molecule has 2 aromatic carbocycles. The van der Waals surface area contributed by atoms with E-state index < -0.39 is 10.0 Å². The predicted octanol–water partition coefficient (Wildman–Crippen LogP) is 6.26. The van der Waals surface area contributed by atoms with Crippen molar-refractivity contribution in [3.63, 3.8) is 0 Å². The van der Waals surface area contributed by atoms with Crippen molar-refractivity contribution in [2.24, 2.45) is 5.92 Å². The number of nitrogens with zero attached hydrogens (tertiary/aromatic N) is 1. The van der Waals surface area contributed by atoms with Crippen molar-refractivity contribution >= 4 is 10.0 Å². The first kappa shape index (κ1) is 21.6. The fourth-order valence-electron chi connectivity index (χ4n) is 5.40. The topological polar surface area (TPSA) is 37.4 Å².